The molecule has 0 saturated heterocycles. The number of amides is 1. The number of anilines is 2. The Labute approximate surface area is 140 Å². The number of benzene rings is 1. The Morgan fingerprint density at radius 2 is 2.04 bits per heavy atom. The van der Waals surface area contributed by atoms with Crippen LogP contribution in [0.1, 0.15) is 20.3 Å². The van der Waals surface area contributed by atoms with Crippen LogP contribution in [-0.2, 0) is 4.79 Å². The first-order valence-electron chi connectivity index (χ1n) is 7.00. The van der Waals surface area contributed by atoms with Gasteiger partial charge in [0, 0.05) is 6.54 Å². The molecule has 0 radical (unpaired) electrons. The summed E-state index contributed by atoms with van der Waals surface area (Å²) in [5.41, 5.74) is -0.437. The van der Waals surface area contributed by atoms with Crippen molar-refractivity contribution in [1.29, 1.82) is 0 Å². The maximum atomic E-state index is 13.5. The molecule has 1 aromatic heterocycles. The first kappa shape index (κ1) is 17.6. The van der Waals surface area contributed by atoms with Crippen molar-refractivity contribution in [1.82, 2.24) is 10.2 Å². The van der Waals surface area contributed by atoms with Crippen LogP contribution < -0.4 is 10.6 Å². The molecule has 0 saturated carbocycles. The smallest absolute Gasteiger partial charge is 0.237 e. The average Bonchev–Trinajstić information content (AvgIpc) is 2.96. The fraction of sp³-hybridized carbons (Fsp3) is 0.357. The molecule has 2 rings (SSSR count). The zero-order chi connectivity index (χ0) is 16.8. The van der Waals surface area contributed by atoms with E-state index in [1.54, 1.807) is 6.92 Å². The molecule has 1 heterocycles. The predicted octanol–water partition coefficient (Wildman–Crippen LogP) is 3.76. The summed E-state index contributed by atoms with van der Waals surface area (Å²) >= 11 is 2.52. The third-order valence-electron chi connectivity index (χ3n) is 2.79. The number of aromatic nitrogens is 2. The van der Waals surface area contributed by atoms with Crippen molar-refractivity contribution in [3.05, 3.63) is 29.8 Å². The second-order valence-electron chi connectivity index (χ2n) is 4.65. The quantitative estimate of drug-likeness (QED) is 0.738. The van der Waals surface area contributed by atoms with Crippen LogP contribution in [0.4, 0.5) is 19.6 Å². The van der Waals surface area contributed by atoms with Crippen LogP contribution in [0.15, 0.2) is 22.5 Å². The summed E-state index contributed by atoms with van der Waals surface area (Å²) in [6, 6.07) is 3.42. The predicted molar refractivity (Wildman–Crippen MR) is 89.0 cm³/mol. The van der Waals surface area contributed by atoms with Crippen LogP contribution in [0.3, 0.4) is 0 Å². The minimum absolute atomic E-state index is 0.437. The molecule has 2 N–H and O–H groups in total. The maximum absolute atomic E-state index is 13.5. The van der Waals surface area contributed by atoms with Crippen LogP contribution in [0.5, 0.6) is 0 Å². The van der Waals surface area contributed by atoms with E-state index in [-0.39, 0.29) is 0 Å². The average molecular weight is 358 g/mol. The topological polar surface area (TPSA) is 66.9 Å². The first-order chi connectivity index (χ1) is 11.0. The Bertz CT molecular complexity index is 660. The summed E-state index contributed by atoms with van der Waals surface area (Å²) in [7, 11) is 0. The van der Waals surface area contributed by atoms with Crippen LogP contribution in [0, 0.1) is 11.6 Å². The van der Waals surface area contributed by atoms with Crippen molar-refractivity contribution in [3.8, 4) is 0 Å². The molecule has 0 aliphatic rings. The molecule has 0 fully saturated rings. The zero-order valence-electron chi connectivity index (χ0n) is 12.6. The second-order valence-corrected chi connectivity index (χ2v) is 7.21. The molecule has 0 aliphatic carbocycles. The minimum atomic E-state index is -0.808. The summed E-state index contributed by atoms with van der Waals surface area (Å²) < 4.78 is 27.7. The third kappa shape index (κ3) is 4.87. The molecular weight excluding hydrogens is 342 g/mol. The molecular formula is C14H16F2N4OS2. The Hall–Kier alpha value is -1.74. The lowest BCUT2D eigenvalue weighted by Gasteiger charge is -2.11. The molecule has 23 heavy (non-hydrogen) atoms. The zero-order valence-corrected chi connectivity index (χ0v) is 14.2. The third-order valence-corrected chi connectivity index (χ3v) is 4.86. The number of rotatable bonds is 7. The van der Waals surface area contributed by atoms with Crippen LogP contribution in [0.2, 0.25) is 0 Å². The number of nitrogens with one attached hydrogen (secondary N) is 2. The van der Waals surface area contributed by atoms with E-state index in [9.17, 15) is 13.6 Å². The molecule has 2 aromatic rings. The van der Waals surface area contributed by atoms with Crippen LogP contribution in [-0.4, -0.2) is 27.9 Å². The normalized spacial score (nSPS) is 12.0. The van der Waals surface area contributed by atoms with E-state index in [2.05, 4.69) is 20.8 Å². The van der Waals surface area contributed by atoms with Gasteiger partial charge in [0.15, 0.2) is 4.34 Å². The summed E-state index contributed by atoms with van der Waals surface area (Å²) in [6.07, 6.45) is 0.967. The van der Waals surface area contributed by atoms with Gasteiger partial charge in [0.05, 0.1) is 5.25 Å². The van der Waals surface area contributed by atoms with Crippen molar-refractivity contribution in [3.63, 3.8) is 0 Å². The van der Waals surface area contributed by atoms with Crippen LogP contribution >= 0.6 is 23.1 Å². The monoisotopic (exact) mass is 358 g/mol. The first-order valence-corrected chi connectivity index (χ1v) is 8.69. The SMILES string of the molecule is CCCNc1nnc(SC(C)C(=O)Nc2c(F)cccc2F)s1. The van der Waals surface area contributed by atoms with Gasteiger partial charge in [0.1, 0.15) is 17.3 Å². The van der Waals surface area contributed by atoms with E-state index in [4.69, 9.17) is 0 Å². The number of hydrogen-bond donors (Lipinski definition) is 2. The molecule has 0 bridgehead atoms. The Morgan fingerprint density at radius 3 is 2.70 bits per heavy atom. The molecule has 1 amide bonds. The summed E-state index contributed by atoms with van der Waals surface area (Å²) in [6.45, 7) is 4.47. The molecule has 5 nitrogen and oxygen atoms in total. The highest BCUT2D eigenvalue weighted by atomic mass is 32.2. The van der Waals surface area contributed by atoms with Gasteiger partial charge in [0.2, 0.25) is 11.0 Å². The van der Waals surface area contributed by atoms with Gasteiger partial charge >= 0.3 is 0 Å². The lowest BCUT2D eigenvalue weighted by atomic mass is 10.3. The van der Waals surface area contributed by atoms with E-state index in [0.29, 0.717) is 9.47 Å². The number of hydrogen-bond acceptors (Lipinski definition) is 6. The van der Waals surface area contributed by atoms with Gasteiger partial charge in [0.25, 0.3) is 0 Å². The van der Waals surface area contributed by atoms with Crippen molar-refractivity contribution in [2.45, 2.75) is 29.9 Å². The van der Waals surface area contributed by atoms with E-state index in [1.165, 1.54) is 29.2 Å². The molecule has 1 aromatic carbocycles. The number of para-hydroxylation sites is 1. The maximum Gasteiger partial charge on any atom is 0.237 e. The molecule has 9 heteroatoms. The fourth-order valence-corrected chi connectivity index (χ4v) is 3.53. The molecule has 124 valence electrons. The largest absolute Gasteiger partial charge is 0.360 e. The van der Waals surface area contributed by atoms with E-state index >= 15 is 0 Å². The van der Waals surface area contributed by atoms with Gasteiger partial charge in [-0.1, -0.05) is 36.1 Å². The molecule has 1 unspecified atom stereocenters. The van der Waals surface area contributed by atoms with E-state index in [1.807, 2.05) is 6.92 Å². The van der Waals surface area contributed by atoms with Crippen molar-refractivity contribution >= 4 is 39.8 Å². The van der Waals surface area contributed by atoms with Crippen molar-refractivity contribution in [2.75, 3.05) is 17.2 Å². The number of carbonyl (C=O) groups is 1. The lowest BCUT2D eigenvalue weighted by molar-refractivity contribution is -0.115. The highest BCUT2D eigenvalue weighted by molar-refractivity contribution is 8.02. The highest BCUT2D eigenvalue weighted by Crippen LogP contribution is 2.29. The van der Waals surface area contributed by atoms with Gasteiger partial charge in [-0.05, 0) is 25.5 Å². The highest BCUT2D eigenvalue weighted by Gasteiger charge is 2.20. The number of nitrogens with zero attached hydrogens (tertiary/aromatic N) is 2. The molecule has 0 aliphatic heterocycles. The van der Waals surface area contributed by atoms with Gasteiger partial charge in [-0.3, -0.25) is 4.79 Å². The number of halogens is 2. The van der Waals surface area contributed by atoms with E-state index < -0.39 is 28.5 Å². The van der Waals surface area contributed by atoms with Gasteiger partial charge < -0.3 is 10.6 Å². The summed E-state index contributed by atoms with van der Waals surface area (Å²) in [5, 5.41) is 13.4. The van der Waals surface area contributed by atoms with E-state index in [0.717, 1.165) is 25.1 Å². The van der Waals surface area contributed by atoms with Gasteiger partial charge in [-0.15, -0.1) is 10.2 Å². The minimum Gasteiger partial charge on any atom is -0.360 e. The Kier molecular flexibility index (Phi) is 6.28. The molecule has 0 spiro atoms. The van der Waals surface area contributed by atoms with Crippen molar-refractivity contribution < 1.29 is 13.6 Å². The van der Waals surface area contributed by atoms with Crippen LogP contribution in [0.25, 0.3) is 0 Å². The van der Waals surface area contributed by atoms with Gasteiger partial charge in [-0.2, -0.15) is 0 Å². The Morgan fingerprint density at radius 1 is 1.35 bits per heavy atom. The molecule has 1 atom stereocenters. The number of thioether (sulfide) groups is 1. The number of carbonyl (C=O) groups excluding carboxylic acids is 1. The van der Waals surface area contributed by atoms with Crippen molar-refractivity contribution in [2.24, 2.45) is 0 Å². The standard InChI is InChI=1S/C14H16F2N4OS2/c1-3-7-17-13-19-20-14(23-13)22-8(2)12(21)18-11-9(15)5-4-6-10(11)16/h4-6,8H,3,7H2,1-2H3,(H,17,19)(H,18,21). The summed E-state index contributed by atoms with van der Waals surface area (Å²) in [4.78, 5) is 12.1. The fourth-order valence-electron chi connectivity index (χ4n) is 1.61. The summed E-state index contributed by atoms with van der Waals surface area (Å²) in [5.74, 6) is -2.12. The Balaban J connectivity index is 1.96. The second kappa shape index (κ2) is 8.21. The van der Waals surface area contributed by atoms with Gasteiger partial charge in [-0.25, -0.2) is 8.78 Å². The lowest BCUT2D eigenvalue weighted by Crippen LogP contribution is -2.23.